The van der Waals surface area contributed by atoms with Crippen LogP contribution in [-0.4, -0.2) is 19.1 Å². The number of rotatable bonds is 5. The van der Waals surface area contributed by atoms with Gasteiger partial charge in [-0.25, -0.2) is 9.97 Å². The summed E-state index contributed by atoms with van der Waals surface area (Å²) in [7, 11) is 0. The van der Waals surface area contributed by atoms with Crippen molar-refractivity contribution in [3.8, 4) is 0 Å². The fourth-order valence-electron chi connectivity index (χ4n) is 3.50. The van der Waals surface area contributed by atoms with Crippen LogP contribution in [0.3, 0.4) is 0 Å². The molecule has 0 amide bonds. The number of nitrogens with zero attached hydrogens (tertiary/aromatic N) is 4. The first-order valence-electron chi connectivity index (χ1n) is 8.58. The highest BCUT2D eigenvalue weighted by atomic mass is 15.1. The second kappa shape index (κ2) is 6.11. The Hall–Kier alpha value is -2.62. The van der Waals surface area contributed by atoms with Gasteiger partial charge in [0.1, 0.15) is 11.6 Å². The summed E-state index contributed by atoms with van der Waals surface area (Å²) in [5, 5.41) is 0. The lowest BCUT2D eigenvalue weighted by Gasteiger charge is -2.09. The molecule has 2 aromatic carbocycles. The highest BCUT2D eigenvalue weighted by Gasteiger charge is 2.08. The third kappa shape index (κ3) is 2.58. The van der Waals surface area contributed by atoms with E-state index < -0.39 is 0 Å². The Labute approximate surface area is 141 Å². The largest absolute Gasteiger partial charge is 0.328 e. The maximum Gasteiger partial charge on any atom is 0.106 e. The van der Waals surface area contributed by atoms with Crippen LogP contribution in [0.4, 0.5) is 0 Å². The second-order valence-corrected chi connectivity index (χ2v) is 6.31. The van der Waals surface area contributed by atoms with Crippen molar-refractivity contribution in [3.63, 3.8) is 0 Å². The van der Waals surface area contributed by atoms with Crippen LogP contribution in [0.5, 0.6) is 0 Å². The van der Waals surface area contributed by atoms with Crippen LogP contribution in [0.2, 0.25) is 0 Å². The number of fused-ring (bicyclic) bond motifs is 2. The number of hydrogen-bond donors (Lipinski definition) is 0. The first-order chi connectivity index (χ1) is 11.7. The summed E-state index contributed by atoms with van der Waals surface area (Å²) in [6.07, 6.45) is 2.26. The Morgan fingerprint density at radius 2 is 1.08 bits per heavy atom. The summed E-state index contributed by atoms with van der Waals surface area (Å²) in [5.74, 6) is 2.20. The molecule has 0 aliphatic heterocycles. The standard InChI is InChI=1S/C20H22N4/c1-15-21-17-9-3-5-11-19(17)23(15)13-7-8-14-24-16(2)22-18-10-4-6-12-20(18)24/h3-6,9-12H,7-8,13-14H2,1-2H3. The third-order valence-electron chi connectivity index (χ3n) is 4.70. The van der Waals surface area contributed by atoms with Crippen molar-refractivity contribution in [1.82, 2.24) is 19.1 Å². The molecule has 0 spiro atoms. The summed E-state index contributed by atoms with van der Waals surface area (Å²) < 4.78 is 4.66. The second-order valence-electron chi connectivity index (χ2n) is 6.31. The maximum absolute atomic E-state index is 4.64. The molecule has 0 saturated carbocycles. The van der Waals surface area contributed by atoms with Crippen LogP contribution >= 0.6 is 0 Å². The zero-order valence-electron chi connectivity index (χ0n) is 14.2. The number of unbranched alkanes of at least 4 members (excludes halogenated alkanes) is 1. The van der Waals surface area contributed by atoms with E-state index in [4.69, 9.17) is 0 Å². The molecule has 0 N–H and O–H groups in total. The van der Waals surface area contributed by atoms with Crippen LogP contribution in [0.1, 0.15) is 24.5 Å². The molecule has 0 atom stereocenters. The van der Waals surface area contributed by atoms with Crippen molar-refractivity contribution in [2.75, 3.05) is 0 Å². The summed E-state index contributed by atoms with van der Waals surface area (Å²) in [6, 6.07) is 16.7. The highest BCUT2D eigenvalue weighted by Crippen LogP contribution is 2.18. The first kappa shape index (κ1) is 14.9. The number of para-hydroxylation sites is 4. The molecule has 4 nitrogen and oxygen atoms in total. The number of aromatic nitrogens is 4. The van der Waals surface area contributed by atoms with E-state index in [1.165, 1.54) is 11.0 Å². The molecule has 24 heavy (non-hydrogen) atoms. The van der Waals surface area contributed by atoms with E-state index in [2.05, 4.69) is 69.3 Å². The average molecular weight is 318 g/mol. The minimum Gasteiger partial charge on any atom is -0.328 e. The SMILES string of the molecule is Cc1nc2ccccc2n1CCCCn1c(C)nc2ccccc21. The lowest BCUT2D eigenvalue weighted by Crippen LogP contribution is -2.04. The number of hydrogen-bond acceptors (Lipinski definition) is 2. The van der Waals surface area contributed by atoms with E-state index in [1.54, 1.807) is 0 Å². The van der Waals surface area contributed by atoms with Gasteiger partial charge in [0.05, 0.1) is 22.1 Å². The third-order valence-corrected chi connectivity index (χ3v) is 4.70. The number of benzene rings is 2. The molecule has 122 valence electrons. The Balaban J connectivity index is 1.46. The molecular formula is C20H22N4. The molecule has 2 aromatic heterocycles. The van der Waals surface area contributed by atoms with Crippen molar-refractivity contribution in [3.05, 3.63) is 60.2 Å². The predicted octanol–water partition coefficient (Wildman–Crippen LogP) is 4.48. The van der Waals surface area contributed by atoms with E-state index in [0.717, 1.165) is 48.6 Å². The van der Waals surface area contributed by atoms with Crippen molar-refractivity contribution >= 4 is 22.1 Å². The molecular weight excluding hydrogens is 296 g/mol. The summed E-state index contributed by atoms with van der Waals surface area (Å²) >= 11 is 0. The maximum atomic E-state index is 4.64. The molecule has 0 unspecified atom stereocenters. The smallest absolute Gasteiger partial charge is 0.106 e. The van der Waals surface area contributed by atoms with E-state index >= 15 is 0 Å². The number of imidazole rings is 2. The normalized spacial score (nSPS) is 11.6. The summed E-state index contributed by atoms with van der Waals surface area (Å²) in [4.78, 5) is 9.29. The van der Waals surface area contributed by atoms with Crippen LogP contribution in [0, 0.1) is 13.8 Å². The van der Waals surface area contributed by atoms with Gasteiger partial charge in [0.25, 0.3) is 0 Å². The van der Waals surface area contributed by atoms with Gasteiger partial charge in [-0.2, -0.15) is 0 Å². The van der Waals surface area contributed by atoms with Crippen LogP contribution < -0.4 is 0 Å². The van der Waals surface area contributed by atoms with E-state index in [1.807, 2.05) is 12.1 Å². The van der Waals surface area contributed by atoms with Crippen molar-refractivity contribution in [1.29, 1.82) is 0 Å². The molecule has 4 rings (SSSR count). The zero-order valence-corrected chi connectivity index (χ0v) is 14.2. The Morgan fingerprint density at radius 3 is 1.54 bits per heavy atom. The van der Waals surface area contributed by atoms with Crippen LogP contribution in [0.15, 0.2) is 48.5 Å². The fraction of sp³-hybridized carbons (Fsp3) is 0.300. The van der Waals surface area contributed by atoms with E-state index in [-0.39, 0.29) is 0 Å². The molecule has 2 heterocycles. The van der Waals surface area contributed by atoms with Gasteiger partial charge in [0.15, 0.2) is 0 Å². The van der Waals surface area contributed by atoms with Gasteiger partial charge in [0, 0.05) is 13.1 Å². The zero-order chi connectivity index (χ0) is 16.5. The fourth-order valence-corrected chi connectivity index (χ4v) is 3.50. The monoisotopic (exact) mass is 318 g/mol. The van der Waals surface area contributed by atoms with E-state index in [0.29, 0.717) is 0 Å². The van der Waals surface area contributed by atoms with E-state index in [9.17, 15) is 0 Å². The molecule has 0 fully saturated rings. The van der Waals surface area contributed by atoms with Gasteiger partial charge < -0.3 is 9.13 Å². The Kier molecular flexibility index (Phi) is 3.81. The average Bonchev–Trinajstić information content (AvgIpc) is 3.08. The minimum absolute atomic E-state index is 1.01. The summed E-state index contributed by atoms with van der Waals surface area (Å²) in [5.41, 5.74) is 4.65. The molecule has 4 aromatic rings. The predicted molar refractivity (Wildman–Crippen MR) is 98.2 cm³/mol. The van der Waals surface area contributed by atoms with Gasteiger partial charge in [-0.15, -0.1) is 0 Å². The van der Waals surface area contributed by atoms with Crippen molar-refractivity contribution < 1.29 is 0 Å². The lowest BCUT2D eigenvalue weighted by atomic mass is 10.2. The van der Waals surface area contributed by atoms with Gasteiger partial charge >= 0.3 is 0 Å². The van der Waals surface area contributed by atoms with Gasteiger partial charge in [-0.1, -0.05) is 24.3 Å². The quantitative estimate of drug-likeness (QED) is 0.508. The van der Waals surface area contributed by atoms with Crippen LogP contribution in [-0.2, 0) is 13.1 Å². The molecule has 4 heteroatoms. The van der Waals surface area contributed by atoms with Crippen molar-refractivity contribution in [2.45, 2.75) is 39.8 Å². The molecule has 0 radical (unpaired) electrons. The summed E-state index contributed by atoms with van der Waals surface area (Å²) in [6.45, 7) is 6.21. The van der Waals surface area contributed by atoms with Crippen molar-refractivity contribution in [2.24, 2.45) is 0 Å². The minimum atomic E-state index is 1.01. The van der Waals surface area contributed by atoms with Gasteiger partial charge in [-0.05, 0) is 51.0 Å². The molecule has 0 bridgehead atoms. The molecule has 0 aliphatic carbocycles. The Bertz CT molecular complexity index is 911. The first-order valence-corrected chi connectivity index (χ1v) is 8.58. The molecule has 0 saturated heterocycles. The van der Waals surface area contributed by atoms with Crippen LogP contribution in [0.25, 0.3) is 22.1 Å². The topological polar surface area (TPSA) is 35.6 Å². The lowest BCUT2D eigenvalue weighted by molar-refractivity contribution is 0.553. The Morgan fingerprint density at radius 1 is 0.667 bits per heavy atom. The molecule has 0 aliphatic rings. The van der Waals surface area contributed by atoms with Gasteiger partial charge in [0.2, 0.25) is 0 Å². The van der Waals surface area contributed by atoms with Gasteiger partial charge in [-0.3, -0.25) is 0 Å². The number of aryl methyl sites for hydroxylation is 4. The highest BCUT2D eigenvalue weighted by molar-refractivity contribution is 5.76.